The molecule has 0 unspecified atom stereocenters. The normalized spacial score (nSPS) is 13.0. The predicted molar refractivity (Wildman–Crippen MR) is 178 cm³/mol. The lowest BCUT2D eigenvalue weighted by molar-refractivity contribution is -0.140. The third-order valence-corrected chi connectivity index (χ3v) is 6.29. The third kappa shape index (κ3) is 14.7. The monoisotopic (exact) mass is 590 g/mol. The largest absolute Gasteiger partial charge is 0.461 e. The smallest absolute Gasteiger partial charge is 0.242 e. The van der Waals surface area contributed by atoms with Crippen LogP contribution in [0.2, 0.25) is 0 Å². The number of likely N-dealkylation sites (tertiary alicyclic amines) is 1. The number of benzene rings is 1. The van der Waals surface area contributed by atoms with Crippen LogP contribution in [0.3, 0.4) is 0 Å². The Balaban J connectivity index is 0.000000679. The number of nitrogens with two attached hydrogens (primary N) is 1. The molecule has 0 atom stereocenters. The highest BCUT2D eigenvalue weighted by atomic mass is 16.3. The Morgan fingerprint density at radius 1 is 1.26 bits per heavy atom. The fourth-order valence-electron chi connectivity index (χ4n) is 4.21. The number of fused-ring (bicyclic) bond motifs is 1. The quantitative estimate of drug-likeness (QED) is 0.174. The summed E-state index contributed by atoms with van der Waals surface area (Å²) in [7, 11) is 1.88. The van der Waals surface area contributed by atoms with Crippen LogP contribution in [0.25, 0.3) is 11.0 Å². The fraction of sp³-hybridized carbons (Fsp3) is 0.441. The van der Waals surface area contributed by atoms with Crippen molar-refractivity contribution < 1.29 is 14.0 Å². The molecule has 9 nitrogen and oxygen atoms in total. The number of likely N-dealkylation sites (N-methyl/N-ethyl adjacent to an activating group) is 1. The van der Waals surface area contributed by atoms with Gasteiger partial charge in [0, 0.05) is 50.6 Å². The van der Waals surface area contributed by atoms with Crippen molar-refractivity contribution in [1.29, 1.82) is 5.26 Å². The van der Waals surface area contributed by atoms with Gasteiger partial charge in [0.2, 0.25) is 11.8 Å². The molecule has 2 amide bonds. The Morgan fingerprint density at radius 3 is 2.53 bits per heavy atom. The van der Waals surface area contributed by atoms with Crippen LogP contribution < -0.4 is 16.4 Å². The van der Waals surface area contributed by atoms with Crippen molar-refractivity contribution in [3.63, 3.8) is 0 Å². The molecule has 0 spiro atoms. The van der Waals surface area contributed by atoms with E-state index in [2.05, 4.69) is 43.1 Å². The minimum atomic E-state index is 0.0876. The van der Waals surface area contributed by atoms with Crippen molar-refractivity contribution in [3.05, 3.63) is 66.4 Å². The van der Waals surface area contributed by atoms with Crippen LogP contribution in [0.15, 0.2) is 65.0 Å². The number of amides is 2. The molecule has 2 aromatic rings. The Hall–Kier alpha value is -4.63. The minimum Gasteiger partial charge on any atom is -0.461 e. The minimum absolute atomic E-state index is 0.0876. The van der Waals surface area contributed by atoms with Crippen LogP contribution in [-0.4, -0.2) is 54.8 Å². The number of anilines is 1. The molecule has 1 aromatic carbocycles. The Labute approximate surface area is 258 Å². The third-order valence-electron chi connectivity index (χ3n) is 6.29. The van der Waals surface area contributed by atoms with Gasteiger partial charge in [-0.25, -0.2) is 0 Å². The second-order valence-electron chi connectivity index (χ2n) is 9.62. The first kappa shape index (κ1) is 38.4. The zero-order valence-electron chi connectivity index (χ0n) is 26.6. The summed E-state index contributed by atoms with van der Waals surface area (Å²) >= 11 is 0. The maximum absolute atomic E-state index is 12.0. The number of carbonyl (C=O) groups is 2. The molecule has 0 bridgehead atoms. The van der Waals surface area contributed by atoms with Gasteiger partial charge in [-0.05, 0) is 70.5 Å². The zero-order chi connectivity index (χ0) is 32.6. The lowest BCUT2D eigenvalue weighted by Gasteiger charge is -2.25. The fourth-order valence-corrected chi connectivity index (χ4v) is 4.21. The van der Waals surface area contributed by atoms with E-state index in [4.69, 9.17) is 15.4 Å². The molecule has 2 heterocycles. The van der Waals surface area contributed by atoms with Crippen LogP contribution in [0.4, 0.5) is 5.69 Å². The molecule has 0 aliphatic carbocycles. The summed E-state index contributed by atoms with van der Waals surface area (Å²) in [5, 5.41) is 15.8. The number of rotatable bonds is 10. The van der Waals surface area contributed by atoms with E-state index >= 15 is 0 Å². The lowest BCUT2D eigenvalue weighted by atomic mass is 10.2. The molecule has 1 saturated heterocycles. The molecule has 234 valence electrons. The molecular formula is C34H50N6O3. The summed E-state index contributed by atoms with van der Waals surface area (Å²) in [5.74, 6) is 1.44. The first-order valence-corrected chi connectivity index (χ1v) is 14.7. The number of furan rings is 1. The van der Waals surface area contributed by atoms with Gasteiger partial charge in [0.05, 0.1) is 18.2 Å². The summed E-state index contributed by atoms with van der Waals surface area (Å²) in [4.78, 5) is 27.4. The Kier molecular flexibility index (Phi) is 20.5. The highest BCUT2D eigenvalue weighted by Crippen LogP contribution is 2.23. The molecule has 0 radical (unpaired) electrons. The van der Waals surface area contributed by atoms with Crippen LogP contribution in [0.5, 0.6) is 0 Å². The van der Waals surface area contributed by atoms with Gasteiger partial charge in [-0.1, -0.05) is 25.5 Å². The lowest BCUT2D eigenvalue weighted by Crippen LogP contribution is -2.43. The molecule has 43 heavy (non-hydrogen) atoms. The number of aryl methyl sites for hydroxylation is 1. The number of nitrogens with zero attached hydrogens (tertiary/aromatic N) is 3. The van der Waals surface area contributed by atoms with Crippen molar-refractivity contribution in [1.82, 2.24) is 15.1 Å². The van der Waals surface area contributed by atoms with Gasteiger partial charge >= 0.3 is 0 Å². The highest BCUT2D eigenvalue weighted by Gasteiger charge is 2.21. The van der Waals surface area contributed by atoms with Crippen molar-refractivity contribution in [2.45, 2.75) is 66.2 Å². The van der Waals surface area contributed by atoms with E-state index in [1.165, 1.54) is 0 Å². The highest BCUT2D eigenvalue weighted by molar-refractivity contribution is 5.85. The number of carbonyl (C=O) groups excluding carboxylic acids is 2. The molecule has 0 saturated carbocycles. The molecule has 3 rings (SSSR count). The van der Waals surface area contributed by atoms with Gasteiger partial charge < -0.3 is 30.6 Å². The predicted octanol–water partition coefficient (Wildman–Crippen LogP) is 6.06. The molecule has 1 aliphatic rings. The van der Waals surface area contributed by atoms with Gasteiger partial charge in [0.1, 0.15) is 17.2 Å². The molecule has 1 aliphatic heterocycles. The summed E-state index contributed by atoms with van der Waals surface area (Å²) in [6, 6.07) is 9.69. The van der Waals surface area contributed by atoms with Crippen LogP contribution in [-0.2, 0) is 9.59 Å². The molecule has 1 aromatic heterocycles. The van der Waals surface area contributed by atoms with Crippen LogP contribution in [0, 0.1) is 31.1 Å². The van der Waals surface area contributed by atoms with E-state index < -0.39 is 0 Å². The zero-order valence-corrected chi connectivity index (χ0v) is 26.6. The molecule has 9 heteroatoms. The summed E-state index contributed by atoms with van der Waals surface area (Å²) in [6.07, 6.45) is 18.6. The summed E-state index contributed by atoms with van der Waals surface area (Å²) in [6.45, 7) is 14.1. The van der Waals surface area contributed by atoms with Crippen LogP contribution >= 0.6 is 0 Å². The summed E-state index contributed by atoms with van der Waals surface area (Å²) in [5.41, 5.74) is 7.99. The van der Waals surface area contributed by atoms with E-state index in [9.17, 15) is 9.59 Å². The SMILES string of the molecule is C#C.C/C=C\NC.C=CC/C(C#N)=C(\N)Nc1ccc2oc(C)cc2c1.CCCN(CC)C(=O)CN1CCCCCC1=O. The van der Waals surface area contributed by atoms with Gasteiger partial charge in [-0.15, -0.1) is 19.4 Å². The number of terminal acetylenes is 1. The van der Waals surface area contributed by atoms with Crippen molar-refractivity contribution in [3.8, 4) is 18.9 Å². The average molecular weight is 591 g/mol. The number of nitrogens with one attached hydrogen (secondary N) is 2. The maximum Gasteiger partial charge on any atom is 0.242 e. The number of hydrogen-bond donors (Lipinski definition) is 3. The number of hydrogen-bond acceptors (Lipinski definition) is 7. The average Bonchev–Trinajstić information content (AvgIpc) is 3.26. The van der Waals surface area contributed by atoms with Crippen LogP contribution in [0.1, 0.15) is 65.1 Å². The van der Waals surface area contributed by atoms with Gasteiger partial charge in [0.15, 0.2) is 0 Å². The van der Waals surface area contributed by atoms with Crippen molar-refractivity contribution >= 4 is 28.5 Å². The first-order chi connectivity index (χ1) is 20.7. The molecule has 1 fully saturated rings. The van der Waals surface area contributed by atoms with Gasteiger partial charge in [-0.3, -0.25) is 9.59 Å². The molecular weight excluding hydrogens is 540 g/mol. The van der Waals surface area contributed by atoms with Gasteiger partial charge in [0.25, 0.3) is 0 Å². The second-order valence-corrected chi connectivity index (χ2v) is 9.62. The molecule has 4 N–H and O–H groups in total. The summed E-state index contributed by atoms with van der Waals surface area (Å²) < 4.78 is 5.50. The van der Waals surface area contributed by atoms with E-state index in [1.54, 1.807) is 11.0 Å². The van der Waals surface area contributed by atoms with E-state index in [1.807, 2.05) is 69.3 Å². The van der Waals surface area contributed by atoms with E-state index in [-0.39, 0.29) is 18.4 Å². The van der Waals surface area contributed by atoms with Gasteiger partial charge in [-0.2, -0.15) is 5.26 Å². The Morgan fingerprint density at radius 2 is 1.98 bits per heavy atom. The number of nitriles is 1. The van der Waals surface area contributed by atoms with Crippen molar-refractivity contribution in [2.24, 2.45) is 5.73 Å². The number of allylic oxidation sites excluding steroid dienone is 3. The van der Waals surface area contributed by atoms with E-state index in [0.717, 1.165) is 67.7 Å². The standard InChI is InChI=1S/C15H15N3O.C13H24N2O2.C4H9N.C2H2/c1-3-4-11(9-16)15(17)18-13-5-6-14-12(8-13)7-10(2)19-14;1-3-9-14(4-2)13(17)11-15-10-7-5-6-8-12(15)16;1-3-4-5-2;1-2/h3,5-8,18H,1,4,17H2,2H3;3-11H2,1-2H3;3-5H,1-2H3;1-2H/b15-11-;;4-3-;. The first-order valence-electron chi connectivity index (χ1n) is 14.7. The maximum atomic E-state index is 12.0. The Bertz CT molecular complexity index is 1250. The topological polar surface area (TPSA) is 128 Å². The van der Waals surface area contributed by atoms with Crippen molar-refractivity contribution in [2.75, 3.05) is 38.5 Å². The second kappa shape index (κ2) is 23.0. The van der Waals surface area contributed by atoms with E-state index in [0.29, 0.717) is 24.2 Å².